The Balaban J connectivity index is 1.54. The van der Waals surface area contributed by atoms with E-state index in [1.165, 1.54) is 6.20 Å². The molecule has 1 amide bonds. The van der Waals surface area contributed by atoms with E-state index >= 15 is 0 Å². The number of carbonyl (C=O) groups excluding carboxylic acids is 1. The molecule has 1 saturated heterocycles. The number of nitrogens with zero attached hydrogens (tertiary/aromatic N) is 3. The van der Waals surface area contributed by atoms with E-state index in [1.807, 2.05) is 18.2 Å². The summed E-state index contributed by atoms with van der Waals surface area (Å²) in [6.45, 7) is 2.67. The molecule has 0 radical (unpaired) electrons. The Bertz CT molecular complexity index is 1180. The molecule has 162 valence electrons. The Morgan fingerprint density at radius 1 is 1.13 bits per heavy atom. The number of anilines is 2. The van der Waals surface area contributed by atoms with Crippen LogP contribution in [-0.2, 0) is 10.0 Å². The van der Waals surface area contributed by atoms with Crippen molar-refractivity contribution in [2.75, 3.05) is 29.5 Å². The second kappa shape index (κ2) is 8.99. The molecule has 0 spiro atoms. The first-order chi connectivity index (χ1) is 15.0. The predicted molar refractivity (Wildman–Crippen MR) is 122 cm³/mol. The van der Waals surface area contributed by atoms with Crippen molar-refractivity contribution in [3.8, 4) is 0 Å². The van der Waals surface area contributed by atoms with E-state index in [-0.39, 0.29) is 17.7 Å². The average Bonchev–Trinajstić information content (AvgIpc) is 2.80. The summed E-state index contributed by atoms with van der Waals surface area (Å²) in [5, 5.41) is 8.38. The fourth-order valence-electron chi connectivity index (χ4n) is 3.77. The predicted octanol–water partition coefficient (Wildman–Crippen LogP) is 3.11. The second-order valence-electron chi connectivity index (χ2n) is 7.53. The summed E-state index contributed by atoms with van der Waals surface area (Å²) < 4.78 is 25.8. The Kier molecular flexibility index (Phi) is 6.15. The highest BCUT2D eigenvalue weighted by Crippen LogP contribution is 2.30. The lowest BCUT2D eigenvalue weighted by Gasteiger charge is -2.32. The van der Waals surface area contributed by atoms with E-state index in [9.17, 15) is 13.2 Å². The Hall–Kier alpha value is -3.04. The van der Waals surface area contributed by atoms with E-state index in [4.69, 9.17) is 0 Å². The van der Waals surface area contributed by atoms with E-state index in [2.05, 4.69) is 20.6 Å². The number of carbonyl (C=O) groups is 1. The molecule has 2 aromatic heterocycles. The highest BCUT2D eigenvalue weighted by molar-refractivity contribution is 7.89. The van der Waals surface area contributed by atoms with Crippen molar-refractivity contribution in [1.29, 1.82) is 0 Å². The van der Waals surface area contributed by atoms with Gasteiger partial charge in [-0.05, 0) is 55.5 Å². The van der Waals surface area contributed by atoms with Gasteiger partial charge in [0.15, 0.2) is 0 Å². The first-order valence-electron chi connectivity index (χ1n) is 10.3. The topological polar surface area (TPSA) is 104 Å². The smallest absolute Gasteiger partial charge is 0.257 e. The standard InChI is InChI=1S/C22H25N5O3S/c1-2-31(29,30)27-10-6-18(7-11-27)25-21-13-19(12-16-5-9-24-15-20(16)21)26-22(28)17-4-3-8-23-14-17/h3-5,8-9,12-15,18,25H,2,6-7,10-11H2,1H3,(H,26,28). The first-order valence-corrected chi connectivity index (χ1v) is 11.9. The molecule has 2 N–H and O–H groups in total. The summed E-state index contributed by atoms with van der Waals surface area (Å²) in [6, 6.07) is 9.27. The van der Waals surface area contributed by atoms with Gasteiger partial charge >= 0.3 is 0 Å². The number of nitrogens with one attached hydrogen (secondary N) is 2. The van der Waals surface area contributed by atoms with Gasteiger partial charge in [0.1, 0.15) is 0 Å². The maximum atomic E-state index is 12.6. The van der Waals surface area contributed by atoms with Crippen molar-refractivity contribution in [3.05, 3.63) is 60.7 Å². The lowest BCUT2D eigenvalue weighted by molar-refractivity contribution is 0.102. The summed E-state index contributed by atoms with van der Waals surface area (Å²) in [4.78, 5) is 20.8. The zero-order valence-electron chi connectivity index (χ0n) is 17.3. The van der Waals surface area contributed by atoms with Crippen LogP contribution in [0.25, 0.3) is 10.8 Å². The van der Waals surface area contributed by atoms with E-state index in [1.54, 1.807) is 42.0 Å². The van der Waals surface area contributed by atoms with Crippen LogP contribution in [0.3, 0.4) is 0 Å². The molecule has 3 aromatic rings. The maximum absolute atomic E-state index is 12.6. The Morgan fingerprint density at radius 3 is 2.61 bits per heavy atom. The number of rotatable bonds is 6. The van der Waals surface area contributed by atoms with Crippen LogP contribution in [0.4, 0.5) is 11.4 Å². The molecule has 1 aliphatic heterocycles. The van der Waals surface area contributed by atoms with Gasteiger partial charge in [-0.2, -0.15) is 0 Å². The van der Waals surface area contributed by atoms with Crippen LogP contribution in [0, 0.1) is 0 Å². The number of hydrogen-bond donors (Lipinski definition) is 2. The van der Waals surface area contributed by atoms with Crippen molar-refractivity contribution >= 4 is 38.1 Å². The minimum atomic E-state index is -3.16. The minimum absolute atomic E-state index is 0.125. The molecule has 0 unspecified atom stereocenters. The van der Waals surface area contributed by atoms with Crippen LogP contribution in [0.5, 0.6) is 0 Å². The van der Waals surface area contributed by atoms with Crippen LogP contribution >= 0.6 is 0 Å². The lowest BCUT2D eigenvalue weighted by atomic mass is 10.0. The number of benzene rings is 1. The van der Waals surface area contributed by atoms with Gasteiger partial charge in [-0.3, -0.25) is 14.8 Å². The van der Waals surface area contributed by atoms with Crippen LogP contribution in [0.1, 0.15) is 30.1 Å². The molecule has 1 fully saturated rings. The molecule has 0 bridgehead atoms. The lowest BCUT2D eigenvalue weighted by Crippen LogP contribution is -2.42. The number of amides is 1. The van der Waals surface area contributed by atoms with Gasteiger partial charge < -0.3 is 10.6 Å². The quantitative estimate of drug-likeness (QED) is 0.612. The van der Waals surface area contributed by atoms with Gasteiger partial charge in [0.05, 0.1) is 11.3 Å². The summed E-state index contributed by atoms with van der Waals surface area (Å²) in [6.07, 6.45) is 8.09. The normalized spacial score (nSPS) is 15.6. The van der Waals surface area contributed by atoms with Crippen molar-refractivity contribution in [3.63, 3.8) is 0 Å². The number of sulfonamides is 1. The second-order valence-corrected chi connectivity index (χ2v) is 9.79. The largest absolute Gasteiger partial charge is 0.382 e. The SMILES string of the molecule is CCS(=O)(=O)N1CCC(Nc2cc(NC(=O)c3cccnc3)cc3ccncc23)CC1. The van der Waals surface area contributed by atoms with Crippen molar-refractivity contribution in [1.82, 2.24) is 14.3 Å². The third-order valence-corrected chi connectivity index (χ3v) is 7.39. The van der Waals surface area contributed by atoms with Gasteiger partial charge in [-0.1, -0.05) is 0 Å². The van der Waals surface area contributed by atoms with Gasteiger partial charge in [0, 0.05) is 60.7 Å². The van der Waals surface area contributed by atoms with E-state index < -0.39 is 10.0 Å². The zero-order chi connectivity index (χ0) is 21.8. The van der Waals surface area contributed by atoms with Crippen molar-refractivity contribution < 1.29 is 13.2 Å². The molecular weight excluding hydrogens is 414 g/mol. The number of hydrogen-bond acceptors (Lipinski definition) is 6. The Labute approximate surface area is 181 Å². The number of pyridine rings is 2. The highest BCUT2D eigenvalue weighted by Gasteiger charge is 2.27. The molecule has 4 rings (SSSR count). The van der Waals surface area contributed by atoms with Gasteiger partial charge in [0.2, 0.25) is 10.0 Å². The molecule has 3 heterocycles. The number of piperidine rings is 1. The molecule has 0 atom stereocenters. The molecule has 1 aliphatic rings. The summed E-state index contributed by atoms with van der Waals surface area (Å²) in [5.41, 5.74) is 2.02. The van der Waals surface area contributed by atoms with Gasteiger partial charge in [-0.25, -0.2) is 12.7 Å². The van der Waals surface area contributed by atoms with Crippen LogP contribution in [-0.4, -0.2) is 53.5 Å². The van der Waals surface area contributed by atoms with Crippen LogP contribution in [0.2, 0.25) is 0 Å². The fourth-order valence-corrected chi connectivity index (χ4v) is 4.90. The Morgan fingerprint density at radius 2 is 1.90 bits per heavy atom. The van der Waals surface area contributed by atoms with Crippen molar-refractivity contribution in [2.24, 2.45) is 0 Å². The molecule has 31 heavy (non-hydrogen) atoms. The van der Waals surface area contributed by atoms with Crippen LogP contribution in [0.15, 0.2) is 55.1 Å². The molecule has 1 aromatic carbocycles. The third-order valence-electron chi connectivity index (χ3n) is 5.51. The number of fused-ring (bicyclic) bond motifs is 1. The van der Waals surface area contributed by atoms with E-state index in [0.29, 0.717) is 37.2 Å². The van der Waals surface area contributed by atoms with E-state index in [0.717, 1.165) is 16.5 Å². The number of aromatic nitrogens is 2. The fraction of sp³-hybridized carbons (Fsp3) is 0.318. The zero-order valence-corrected chi connectivity index (χ0v) is 18.1. The molecule has 8 nitrogen and oxygen atoms in total. The van der Waals surface area contributed by atoms with Gasteiger partial charge in [-0.15, -0.1) is 0 Å². The van der Waals surface area contributed by atoms with Crippen molar-refractivity contribution in [2.45, 2.75) is 25.8 Å². The summed E-state index contributed by atoms with van der Waals surface area (Å²) in [7, 11) is -3.16. The van der Waals surface area contributed by atoms with Crippen LogP contribution < -0.4 is 10.6 Å². The maximum Gasteiger partial charge on any atom is 0.257 e. The minimum Gasteiger partial charge on any atom is -0.382 e. The third kappa shape index (κ3) is 4.83. The monoisotopic (exact) mass is 439 g/mol. The van der Waals surface area contributed by atoms with Gasteiger partial charge in [0.25, 0.3) is 5.91 Å². The molecular formula is C22H25N5O3S. The molecule has 0 saturated carbocycles. The molecule has 9 heteroatoms. The highest BCUT2D eigenvalue weighted by atomic mass is 32.2. The average molecular weight is 440 g/mol. The summed E-state index contributed by atoms with van der Waals surface area (Å²) >= 11 is 0. The first kappa shape index (κ1) is 21.2. The summed E-state index contributed by atoms with van der Waals surface area (Å²) in [5.74, 6) is -0.106. The molecule has 0 aliphatic carbocycles.